The summed E-state index contributed by atoms with van der Waals surface area (Å²) in [4.78, 5) is 11.3. The molecule has 21 heavy (non-hydrogen) atoms. The lowest BCUT2D eigenvalue weighted by molar-refractivity contribution is 0.812. The van der Waals surface area contributed by atoms with Crippen molar-refractivity contribution in [2.75, 3.05) is 24.3 Å². The lowest BCUT2D eigenvalue weighted by atomic mass is 10.1. The van der Waals surface area contributed by atoms with Crippen molar-refractivity contribution in [1.29, 1.82) is 0 Å². The average Bonchev–Trinajstić information content (AvgIpc) is 2.49. The third kappa shape index (κ3) is 3.94. The molecular formula is C17H24N4. The van der Waals surface area contributed by atoms with Crippen LogP contribution in [0.3, 0.4) is 0 Å². The highest BCUT2D eigenvalue weighted by Crippen LogP contribution is 2.18. The van der Waals surface area contributed by atoms with E-state index in [0.29, 0.717) is 0 Å². The average molecular weight is 284 g/mol. The van der Waals surface area contributed by atoms with Crippen LogP contribution < -0.4 is 10.2 Å². The predicted octanol–water partition coefficient (Wildman–Crippen LogP) is 3.42. The summed E-state index contributed by atoms with van der Waals surface area (Å²) < 4.78 is 0. The SMILES string of the molecule is CCCc1nc(NC)cc(N(C)Cc2ccccc2C)n1. The van der Waals surface area contributed by atoms with E-state index in [2.05, 4.69) is 65.3 Å². The van der Waals surface area contributed by atoms with Gasteiger partial charge in [-0.3, -0.25) is 0 Å². The van der Waals surface area contributed by atoms with Crippen molar-refractivity contribution in [2.45, 2.75) is 33.2 Å². The molecule has 0 saturated carbocycles. The third-order valence-electron chi connectivity index (χ3n) is 3.55. The second-order valence-electron chi connectivity index (χ2n) is 5.31. The van der Waals surface area contributed by atoms with Crippen molar-refractivity contribution in [3.63, 3.8) is 0 Å². The van der Waals surface area contributed by atoms with Gasteiger partial charge in [0.25, 0.3) is 0 Å². The molecule has 1 heterocycles. The van der Waals surface area contributed by atoms with Gasteiger partial charge in [-0.25, -0.2) is 9.97 Å². The third-order valence-corrected chi connectivity index (χ3v) is 3.55. The number of aromatic nitrogens is 2. The first-order chi connectivity index (χ1) is 10.1. The summed E-state index contributed by atoms with van der Waals surface area (Å²) in [5, 5.41) is 3.12. The van der Waals surface area contributed by atoms with Crippen molar-refractivity contribution < 1.29 is 0 Å². The maximum Gasteiger partial charge on any atom is 0.134 e. The first-order valence-corrected chi connectivity index (χ1v) is 7.45. The number of rotatable bonds is 6. The van der Waals surface area contributed by atoms with Crippen LogP contribution in [0.2, 0.25) is 0 Å². The Labute approximate surface area is 127 Å². The van der Waals surface area contributed by atoms with E-state index in [1.807, 2.05) is 13.1 Å². The molecule has 0 aliphatic rings. The van der Waals surface area contributed by atoms with Gasteiger partial charge in [-0.1, -0.05) is 31.2 Å². The van der Waals surface area contributed by atoms with E-state index in [4.69, 9.17) is 0 Å². The van der Waals surface area contributed by atoms with Crippen LogP contribution in [0.15, 0.2) is 30.3 Å². The Balaban J connectivity index is 2.23. The topological polar surface area (TPSA) is 41.1 Å². The molecule has 1 N–H and O–H groups in total. The molecule has 2 rings (SSSR count). The highest BCUT2D eigenvalue weighted by molar-refractivity contribution is 5.49. The van der Waals surface area contributed by atoms with Crippen LogP contribution in [0.25, 0.3) is 0 Å². The van der Waals surface area contributed by atoms with Gasteiger partial charge in [0.2, 0.25) is 0 Å². The number of hydrogen-bond acceptors (Lipinski definition) is 4. The van der Waals surface area contributed by atoms with E-state index >= 15 is 0 Å². The van der Waals surface area contributed by atoms with Crippen LogP contribution >= 0.6 is 0 Å². The summed E-state index contributed by atoms with van der Waals surface area (Å²) in [5.74, 6) is 2.73. The molecule has 4 nitrogen and oxygen atoms in total. The molecule has 0 aliphatic carbocycles. The summed E-state index contributed by atoms with van der Waals surface area (Å²) in [6.07, 6.45) is 1.95. The monoisotopic (exact) mass is 284 g/mol. The zero-order valence-corrected chi connectivity index (χ0v) is 13.3. The van der Waals surface area contributed by atoms with Crippen LogP contribution in [0.4, 0.5) is 11.6 Å². The van der Waals surface area contributed by atoms with Gasteiger partial charge in [0.1, 0.15) is 17.5 Å². The van der Waals surface area contributed by atoms with Crippen molar-refractivity contribution in [3.8, 4) is 0 Å². The van der Waals surface area contributed by atoms with Gasteiger partial charge in [0.05, 0.1) is 0 Å². The molecule has 2 aromatic rings. The molecule has 112 valence electrons. The fraction of sp³-hybridized carbons (Fsp3) is 0.412. The van der Waals surface area contributed by atoms with Crippen molar-refractivity contribution in [1.82, 2.24) is 9.97 Å². The summed E-state index contributed by atoms with van der Waals surface area (Å²) in [6, 6.07) is 10.5. The first-order valence-electron chi connectivity index (χ1n) is 7.45. The fourth-order valence-corrected chi connectivity index (χ4v) is 2.27. The lowest BCUT2D eigenvalue weighted by Gasteiger charge is -2.20. The Bertz CT molecular complexity index is 595. The zero-order valence-electron chi connectivity index (χ0n) is 13.3. The fourth-order valence-electron chi connectivity index (χ4n) is 2.27. The minimum absolute atomic E-state index is 0.846. The van der Waals surface area contributed by atoms with Gasteiger partial charge in [-0.2, -0.15) is 0 Å². The molecule has 0 radical (unpaired) electrons. The number of nitrogens with one attached hydrogen (secondary N) is 1. The number of aryl methyl sites for hydroxylation is 2. The Morgan fingerprint density at radius 3 is 2.62 bits per heavy atom. The molecule has 0 atom stereocenters. The Hall–Kier alpha value is -2.10. The Morgan fingerprint density at radius 1 is 1.19 bits per heavy atom. The van der Waals surface area contributed by atoms with Crippen LogP contribution in [-0.2, 0) is 13.0 Å². The van der Waals surface area contributed by atoms with E-state index in [1.54, 1.807) is 0 Å². The predicted molar refractivity (Wildman–Crippen MR) is 88.9 cm³/mol. The second-order valence-corrected chi connectivity index (χ2v) is 5.31. The molecule has 0 saturated heterocycles. The lowest BCUT2D eigenvalue weighted by Crippen LogP contribution is -2.19. The smallest absolute Gasteiger partial charge is 0.134 e. The summed E-state index contributed by atoms with van der Waals surface area (Å²) >= 11 is 0. The van der Waals surface area contributed by atoms with Crippen molar-refractivity contribution >= 4 is 11.6 Å². The van der Waals surface area contributed by atoms with Gasteiger partial charge in [-0.05, 0) is 24.5 Å². The highest BCUT2D eigenvalue weighted by Gasteiger charge is 2.09. The van der Waals surface area contributed by atoms with E-state index < -0.39 is 0 Å². The van der Waals surface area contributed by atoms with Crippen LogP contribution in [0, 0.1) is 6.92 Å². The van der Waals surface area contributed by atoms with Gasteiger partial charge in [0.15, 0.2) is 0 Å². The van der Waals surface area contributed by atoms with Crippen molar-refractivity contribution in [3.05, 3.63) is 47.3 Å². The molecule has 0 unspecified atom stereocenters. The van der Waals surface area contributed by atoms with Crippen LogP contribution in [0.1, 0.15) is 30.3 Å². The van der Waals surface area contributed by atoms with Gasteiger partial charge >= 0.3 is 0 Å². The van der Waals surface area contributed by atoms with E-state index in [-0.39, 0.29) is 0 Å². The molecule has 1 aromatic carbocycles. The van der Waals surface area contributed by atoms with Gasteiger partial charge in [0, 0.05) is 33.1 Å². The Morgan fingerprint density at radius 2 is 1.95 bits per heavy atom. The van der Waals surface area contributed by atoms with Crippen LogP contribution in [0.5, 0.6) is 0 Å². The number of anilines is 2. The molecule has 1 aromatic heterocycles. The standard InChI is InChI=1S/C17H24N4/c1-5-8-15-19-16(18-3)11-17(20-15)21(4)12-14-10-7-6-9-13(14)2/h6-7,9-11H,5,8,12H2,1-4H3,(H,18,19,20). The molecule has 0 aliphatic heterocycles. The molecule has 4 heteroatoms. The van der Waals surface area contributed by atoms with Gasteiger partial charge < -0.3 is 10.2 Å². The summed E-state index contributed by atoms with van der Waals surface area (Å²) in [6.45, 7) is 5.13. The number of benzene rings is 1. The van der Waals surface area contributed by atoms with E-state index in [1.165, 1.54) is 11.1 Å². The van der Waals surface area contributed by atoms with Crippen molar-refractivity contribution in [2.24, 2.45) is 0 Å². The van der Waals surface area contributed by atoms with E-state index in [0.717, 1.165) is 36.8 Å². The van der Waals surface area contributed by atoms with E-state index in [9.17, 15) is 0 Å². The quantitative estimate of drug-likeness (QED) is 0.882. The number of hydrogen-bond donors (Lipinski definition) is 1. The normalized spacial score (nSPS) is 10.5. The van der Waals surface area contributed by atoms with Crippen LogP contribution in [-0.4, -0.2) is 24.1 Å². The largest absolute Gasteiger partial charge is 0.373 e. The first kappa shape index (κ1) is 15.3. The van der Waals surface area contributed by atoms with Gasteiger partial charge in [-0.15, -0.1) is 0 Å². The maximum atomic E-state index is 4.67. The molecular weight excluding hydrogens is 260 g/mol. The molecule has 0 spiro atoms. The summed E-state index contributed by atoms with van der Waals surface area (Å²) in [5.41, 5.74) is 2.63. The molecule has 0 fully saturated rings. The molecule has 0 amide bonds. The molecule has 0 bridgehead atoms. The highest BCUT2D eigenvalue weighted by atomic mass is 15.2. The zero-order chi connectivity index (χ0) is 15.2. The minimum Gasteiger partial charge on any atom is -0.373 e. The minimum atomic E-state index is 0.846. The summed E-state index contributed by atoms with van der Waals surface area (Å²) in [7, 11) is 3.97. The maximum absolute atomic E-state index is 4.67. The number of nitrogens with zero attached hydrogens (tertiary/aromatic N) is 3. The Kier molecular flexibility index (Phi) is 5.14. The second kappa shape index (κ2) is 7.07.